The first-order valence-corrected chi connectivity index (χ1v) is 14.2. The number of esters is 2. The third kappa shape index (κ3) is 7.42. The zero-order valence-electron chi connectivity index (χ0n) is 22.7. The average molecular weight is 590 g/mol. The van der Waals surface area contributed by atoms with E-state index in [0.717, 1.165) is 0 Å². The largest absolute Gasteiger partial charge is 0.479 e. The lowest BCUT2D eigenvalue weighted by molar-refractivity contribution is -0.143. The maximum Gasteiger partial charge on any atom is 0.340 e. The summed E-state index contributed by atoms with van der Waals surface area (Å²) in [5.74, 6) is -0.999. The number of rotatable bonds is 15. The van der Waals surface area contributed by atoms with Crippen molar-refractivity contribution in [3.8, 4) is 5.88 Å². The van der Waals surface area contributed by atoms with Crippen LogP contribution in [0.2, 0.25) is 0 Å². The molecule has 1 aliphatic rings. The summed E-state index contributed by atoms with van der Waals surface area (Å²) in [6, 6.07) is 0. The number of fused-ring (bicyclic) bond motifs is 1. The molecule has 2 aromatic rings. The molecule has 224 valence electrons. The maximum absolute atomic E-state index is 13.5. The fourth-order valence-corrected chi connectivity index (χ4v) is 5.46. The number of ether oxygens (including phenoxy) is 4. The van der Waals surface area contributed by atoms with E-state index in [9.17, 15) is 24.4 Å². The molecule has 3 heterocycles. The summed E-state index contributed by atoms with van der Waals surface area (Å²) in [6.07, 6.45) is -2.72. The number of carbonyl (C=O) groups is 2. The average Bonchev–Trinajstić information content (AvgIpc) is 3.40. The Morgan fingerprint density at radius 1 is 1.18 bits per heavy atom. The number of aromatic nitrogens is 4. The number of carbonyl (C=O) groups excluding carboxylic acids is 2. The summed E-state index contributed by atoms with van der Waals surface area (Å²) in [5.41, 5.74) is 4.35. The fourth-order valence-electron chi connectivity index (χ4n) is 4.00. The van der Waals surface area contributed by atoms with Crippen LogP contribution in [-0.4, -0.2) is 99.5 Å². The van der Waals surface area contributed by atoms with E-state index in [4.69, 9.17) is 29.2 Å². The summed E-state index contributed by atoms with van der Waals surface area (Å²) in [5, 5.41) is 27.4. The molecule has 17 nitrogen and oxygen atoms in total. The van der Waals surface area contributed by atoms with Crippen LogP contribution in [0.25, 0.3) is 11.2 Å². The molecule has 0 amide bonds. The molecule has 6 N–H and O–H groups in total. The number of methoxy groups -OCH3 is 1. The van der Waals surface area contributed by atoms with Gasteiger partial charge in [0.1, 0.15) is 17.8 Å². The molecule has 0 radical (unpaired) electrons. The molecule has 1 saturated heterocycles. The maximum atomic E-state index is 13.5. The molecule has 3 rings (SSSR count). The minimum Gasteiger partial charge on any atom is -0.479 e. The van der Waals surface area contributed by atoms with Crippen molar-refractivity contribution in [2.45, 2.75) is 57.6 Å². The van der Waals surface area contributed by atoms with Crippen molar-refractivity contribution in [3.05, 3.63) is 6.33 Å². The lowest BCUT2D eigenvalue weighted by Gasteiger charge is -2.27. The van der Waals surface area contributed by atoms with E-state index in [0.29, 0.717) is 0 Å². The number of nitrogens with one attached hydrogen (secondary N) is 2. The molecule has 1 aliphatic heterocycles. The first-order valence-electron chi connectivity index (χ1n) is 12.6. The highest BCUT2D eigenvalue weighted by Gasteiger charge is 2.54. The predicted octanol–water partition coefficient (Wildman–Crippen LogP) is -0.363. The second-order valence-corrected chi connectivity index (χ2v) is 10.9. The van der Waals surface area contributed by atoms with Gasteiger partial charge in [-0.1, -0.05) is 0 Å². The Labute approximate surface area is 230 Å². The summed E-state index contributed by atoms with van der Waals surface area (Å²) >= 11 is 0. The number of nitrogens with zero attached hydrogens (tertiary/aromatic N) is 4. The van der Waals surface area contributed by atoms with E-state index < -0.39 is 50.3 Å². The highest BCUT2D eigenvalue weighted by Crippen LogP contribution is 2.43. The van der Waals surface area contributed by atoms with E-state index in [1.807, 2.05) is 0 Å². The molecular weight excluding hydrogens is 553 g/mol. The molecule has 0 bridgehead atoms. The van der Waals surface area contributed by atoms with Crippen molar-refractivity contribution >= 4 is 36.7 Å². The van der Waals surface area contributed by atoms with Crippen LogP contribution in [-0.2, 0) is 32.9 Å². The summed E-state index contributed by atoms with van der Waals surface area (Å²) in [6.45, 7) is 4.48. The van der Waals surface area contributed by atoms with Gasteiger partial charge in [0.15, 0.2) is 17.4 Å². The molecule has 0 spiro atoms. The van der Waals surface area contributed by atoms with Crippen molar-refractivity contribution in [2.75, 3.05) is 45.8 Å². The zero-order chi connectivity index (χ0) is 29.5. The van der Waals surface area contributed by atoms with Crippen LogP contribution in [0.1, 0.15) is 39.8 Å². The Morgan fingerprint density at radius 3 is 2.33 bits per heavy atom. The van der Waals surface area contributed by atoms with Gasteiger partial charge in [-0.2, -0.15) is 9.97 Å². The Morgan fingerprint density at radius 2 is 1.77 bits per heavy atom. The monoisotopic (exact) mass is 589 g/mol. The van der Waals surface area contributed by atoms with Crippen LogP contribution in [0.4, 0.5) is 5.95 Å². The fraction of sp³-hybridized carbons (Fsp3) is 0.682. The third-order valence-electron chi connectivity index (χ3n) is 5.94. The number of aliphatic hydroxyl groups is 2. The number of nitrogens with two attached hydrogens (primary N) is 1. The number of anilines is 1. The number of hydrogen-bond acceptors (Lipinski definition) is 14. The van der Waals surface area contributed by atoms with Gasteiger partial charge in [0.05, 0.1) is 46.1 Å². The van der Waals surface area contributed by atoms with Gasteiger partial charge >= 0.3 is 19.6 Å². The first-order chi connectivity index (χ1) is 19.0. The van der Waals surface area contributed by atoms with Gasteiger partial charge in [-0.25, -0.2) is 15.2 Å². The lowest BCUT2D eigenvalue weighted by Crippen LogP contribution is -2.44. The van der Waals surface area contributed by atoms with Crippen molar-refractivity contribution < 1.29 is 47.8 Å². The van der Waals surface area contributed by atoms with Crippen molar-refractivity contribution in [1.29, 1.82) is 0 Å². The van der Waals surface area contributed by atoms with E-state index in [1.54, 1.807) is 13.8 Å². The molecule has 18 heteroatoms. The summed E-state index contributed by atoms with van der Waals surface area (Å²) in [4.78, 5) is 35.7. The molecule has 4 atom stereocenters. The van der Waals surface area contributed by atoms with E-state index in [-0.39, 0.29) is 62.1 Å². The molecule has 0 aromatic carbocycles. The molecule has 0 unspecified atom stereocenters. The number of aliphatic hydroxyl groups excluding tert-OH is 1. The molecule has 0 saturated carbocycles. The van der Waals surface area contributed by atoms with Gasteiger partial charge in [-0.15, -0.1) is 0 Å². The topological polar surface area (TPSA) is 232 Å². The zero-order valence-corrected chi connectivity index (χ0v) is 23.6. The van der Waals surface area contributed by atoms with Gasteiger partial charge < -0.3 is 39.4 Å². The lowest BCUT2D eigenvalue weighted by atomic mass is 9.96. The second-order valence-electron chi connectivity index (χ2n) is 8.89. The highest BCUT2D eigenvalue weighted by atomic mass is 31.2. The Balaban J connectivity index is 1.74. The Bertz CT molecular complexity index is 1200. The highest BCUT2D eigenvalue weighted by molar-refractivity contribution is 7.54. The van der Waals surface area contributed by atoms with Gasteiger partial charge in [0, 0.05) is 13.1 Å². The van der Waals surface area contributed by atoms with Gasteiger partial charge in [0.25, 0.3) is 0 Å². The molecular formula is C22H36N7O10P. The van der Waals surface area contributed by atoms with Crippen LogP contribution in [0.5, 0.6) is 5.88 Å². The first kappa shape index (κ1) is 31.6. The van der Waals surface area contributed by atoms with E-state index in [1.165, 1.54) is 24.9 Å². The van der Waals surface area contributed by atoms with Gasteiger partial charge in [-0.3, -0.25) is 18.7 Å². The molecule has 40 heavy (non-hydrogen) atoms. The standard InChI is InChI=1S/C22H36N7O10P/c1-5-36-14(30)7-9-25-40(34,26-10-8-15(31)37-6-2)38-11-13-17(32)22(3,33)20(39-13)29-12-24-16-18(29)27-21(23)28-19(16)35-4/h12-13,17,20,32-33H,5-11H2,1-4H3,(H2,23,27,28)(H2,25,26,34)/t13-,17-,20-,22-/m1/s1. The van der Waals surface area contributed by atoms with Crippen LogP contribution < -0.4 is 20.6 Å². The molecule has 1 fully saturated rings. The van der Waals surface area contributed by atoms with Crippen molar-refractivity contribution in [1.82, 2.24) is 29.7 Å². The van der Waals surface area contributed by atoms with Crippen LogP contribution in [0, 0.1) is 0 Å². The summed E-state index contributed by atoms with van der Waals surface area (Å²) in [7, 11) is -2.50. The van der Waals surface area contributed by atoms with Crippen molar-refractivity contribution in [2.24, 2.45) is 0 Å². The van der Waals surface area contributed by atoms with E-state index >= 15 is 0 Å². The normalized spacial score (nSPS) is 22.9. The Kier molecular flexibility index (Phi) is 10.8. The van der Waals surface area contributed by atoms with Gasteiger partial charge in [0.2, 0.25) is 11.8 Å². The summed E-state index contributed by atoms with van der Waals surface area (Å²) < 4.78 is 41.3. The molecule has 0 aliphatic carbocycles. The minimum absolute atomic E-state index is 0.0685. The van der Waals surface area contributed by atoms with Gasteiger partial charge in [-0.05, 0) is 20.8 Å². The van der Waals surface area contributed by atoms with Crippen molar-refractivity contribution in [3.63, 3.8) is 0 Å². The minimum atomic E-state index is -3.89. The van der Waals surface area contributed by atoms with Crippen LogP contribution >= 0.6 is 7.67 Å². The number of hydrogen-bond donors (Lipinski definition) is 5. The predicted molar refractivity (Wildman–Crippen MR) is 139 cm³/mol. The number of imidazole rings is 1. The van der Waals surface area contributed by atoms with E-state index in [2.05, 4.69) is 25.1 Å². The quantitative estimate of drug-likeness (QED) is 0.132. The SMILES string of the molecule is CCOC(=O)CCNP(=O)(NCCC(=O)OCC)OC[C@H]1O[C@@H](n2cnc3c(OC)nc(N)nc32)[C@](C)(O)[C@@H]1O. The smallest absolute Gasteiger partial charge is 0.340 e. The molecule has 2 aromatic heterocycles. The Hall–Kier alpha value is -2.92. The van der Waals surface area contributed by atoms with Crippen LogP contribution in [0.15, 0.2) is 6.33 Å². The second kappa shape index (κ2) is 13.6. The third-order valence-corrected chi connectivity index (χ3v) is 7.73. The van der Waals surface area contributed by atoms with Crippen LogP contribution in [0.3, 0.4) is 0 Å². The number of nitrogen functional groups attached to an aromatic ring is 1.